The Kier molecular flexibility index (Phi) is 5.83. The Balaban J connectivity index is 1.25. The van der Waals surface area contributed by atoms with Crippen molar-refractivity contribution in [1.29, 1.82) is 0 Å². The first-order valence-electron chi connectivity index (χ1n) is 12.4. The van der Waals surface area contributed by atoms with Gasteiger partial charge in [0.2, 0.25) is 5.95 Å². The van der Waals surface area contributed by atoms with Crippen LogP contribution in [0.3, 0.4) is 0 Å². The second kappa shape index (κ2) is 9.16. The third kappa shape index (κ3) is 4.09. The molecule has 1 aliphatic carbocycles. The molecule has 3 aromatic rings. The fourth-order valence-electron chi connectivity index (χ4n) is 5.51. The molecule has 6 rings (SSSR count). The van der Waals surface area contributed by atoms with Gasteiger partial charge in [0.1, 0.15) is 17.6 Å². The maximum Gasteiger partial charge on any atom is 0.256 e. The topological polar surface area (TPSA) is 106 Å². The van der Waals surface area contributed by atoms with E-state index in [4.69, 9.17) is 9.47 Å². The molecule has 10 heteroatoms. The lowest BCUT2D eigenvalue weighted by Crippen LogP contribution is -2.57. The Labute approximate surface area is 208 Å². The van der Waals surface area contributed by atoms with Crippen LogP contribution in [0.15, 0.2) is 36.7 Å². The van der Waals surface area contributed by atoms with Crippen LogP contribution in [0, 0.1) is 0 Å². The number of nitrogens with one attached hydrogen (secondary N) is 1. The minimum Gasteiger partial charge on any atom is -0.507 e. The van der Waals surface area contributed by atoms with Crippen molar-refractivity contribution in [2.24, 2.45) is 0 Å². The number of anilines is 1. The lowest BCUT2D eigenvalue weighted by atomic mass is 9.96. The monoisotopic (exact) mass is 492 g/mol. The molecule has 3 fully saturated rings. The Morgan fingerprint density at radius 2 is 1.86 bits per heavy atom. The highest BCUT2D eigenvalue weighted by Gasteiger charge is 2.48. The summed E-state index contributed by atoms with van der Waals surface area (Å²) in [5, 5.41) is 22.9. The number of hydrogen-bond acceptors (Lipinski definition) is 9. The van der Waals surface area contributed by atoms with Gasteiger partial charge in [0, 0.05) is 35.4 Å². The number of alkyl halides is 1. The van der Waals surface area contributed by atoms with E-state index in [0.29, 0.717) is 34.9 Å². The van der Waals surface area contributed by atoms with E-state index in [1.807, 2.05) is 6.07 Å². The van der Waals surface area contributed by atoms with E-state index in [2.05, 4.69) is 30.4 Å². The average Bonchev–Trinajstić information content (AvgIpc) is 3.66. The molecule has 2 aromatic heterocycles. The molecule has 0 radical (unpaired) electrons. The summed E-state index contributed by atoms with van der Waals surface area (Å²) in [5.41, 5.74) is 2.49. The van der Waals surface area contributed by atoms with Crippen LogP contribution >= 0.6 is 0 Å². The van der Waals surface area contributed by atoms with Gasteiger partial charge in [-0.2, -0.15) is 0 Å². The van der Waals surface area contributed by atoms with Crippen molar-refractivity contribution < 1.29 is 19.0 Å². The van der Waals surface area contributed by atoms with Gasteiger partial charge in [0.25, 0.3) is 5.88 Å². The summed E-state index contributed by atoms with van der Waals surface area (Å²) in [6, 6.07) is 7.38. The molecule has 1 aromatic carbocycles. The minimum absolute atomic E-state index is 0.0453. The predicted octanol–water partition coefficient (Wildman–Crippen LogP) is 3.52. The number of fused-ring (bicyclic) bond motifs is 2. The number of nitrogens with zero attached hydrogens (tertiary/aromatic N) is 5. The van der Waals surface area contributed by atoms with E-state index in [9.17, 15) is 5.11 Å². The maximum absolute atomic E-state index is 15.3. The summed E-state index contributed by atoms with van der Waals surface area (Å²) in [5.74, 6) is 1.40. The smallest absolute Gasteiger partial charge is 0.256 e. The van der Waals surface area contributed by atoms with Crippen molar-refractivity contribution in [1.82, 2.24) is 25.5 Å². The van der Waals surface area contributed by atoms with Gasteiger partial charge in [-0.15, -0.1) is 10.2 Å². The van der Waals surface area contributed by atoms with Crippen LogP contribution in [0.2, 0.25) is 0 Å². The molecule has 4 heterocycles. The number of methoxy groups -OCH3 is 2. The third-order valence-corrected chi connectivity index (χ3v) is 7.47. The van der Waals surface area contributed by atoms with Crippen LogP contribution in [0.1, 0.15) is 32.1 Å². The van der Waals surface area contributed by atoms with Crippen molar-refractivity contribution in [2.75, 3.05) is 19.1 Å². The van der Waals surface area contributed by atoms with Gasteiger partial charge in [-0.1, -0.05) is 6.07 Å². The normalized spacial score (nSPS) is 25.0. The number of piperidine rings is 1. The lowest BCUT2D eigenvalue weighted by molar-refractivity contribution is 0.171. The standard InChI is InChI=1S/C26H29FN6O3/c1-35-23-10-15(12-28-25(23)36-2)14-3-7-18(22(34)9-14)20-13-29-26(32-31-20)33(17-5-6-17)21-11-16-4-8-19(30-16)24(21)27/h3,7,9-10,12-13,16-17,19,21,24,30,34H,4-6,8,11H2,1-2H3/t16-,19+,21-,24+/m0/s1. The fraction of sp³-hybridized carbons (Fsp3) is 0.462. The van der Waals surface area contributed by atoms with Gasteiger partial charge in [0.15, 0.2) is 5.75 Å². The highest BCUT2D eigenvalue weighted by atomic mass is 19.1. The molecule has 2 bridgehead atoms. The molecule has 3 aliphatic rings. The van der Waals surface area contributed by atoms with Crippen LogP contribution in [0.4, 0.5) is 10.3 Å². The van der Waals surface area contributed by atoms with Crippen LogP contribution < -0.4 is 19.7 Å². The highest BCUT2D eigenvalue weighted by molar-refractivity contribution is 5.74. The molecule has 2 N–H and O–H groups in total. The molecular weight excluding hydrogens is 463 g/mol. The summed E-state index contributed by atoms with van der Waals surface area (Å²) in [7, 11) is 3.08. The number of pyridine rings is 1. The molecule has 0 spiro atoms. The van der Waals surface area contributed by atoms with Gasteiger partial charge >= 0.3 is 0 Å². The van der Waals surface area contributed by atoms with Gasteiger partial charge in [-0.25, -0.2) is 14.4 Å². The third-order valence-electron chi connectivity index (χ3n) is 7.47. The van der Waals surface area contributed by atoms with E-state index in [0.717, 1.165) is 43.2 Å². The average molecular weight is 493 g/mol. The zero-order chi connectivity index (χ0) is 24.8. The second-order valence-electron chi connectivity index (χ2n) is 9.74. The molecule has 188 valence electrons. The minimum atomic E-state index is -0.949. The fourth-order valence-corrected chi connectivity index (χ4v) is 5.51. The van der Waals surface area contributed by atoms with Crippen molar-refractivity contribution in [3.8, 4) is 39.8 Å². The van der Waals surface area contributed by atoms with Crippen LogP contribution in [-0.4, -0.2) is 69.8 Å². The number of halogens is 1. The largest absolute Gasteiger partial charge is 0.507 e. The zero-order valence-electron chi connectivity index (χ0n) is 20.3. The summed E-state index contributed by atoms with van der Waals surface area (Å²) in [6.07, 6.45) is 7.01. The van der Waals surface area contributed by atoms with Gasteiger partial charge in [0.05, 0.1) is 26.5 Å². The first-order valence-corrected chi connectivity index (χ1v) is 12.4. The van der Waals surface area contributed by atoms with E-state index in [1.165, 1.54) is 7.11 Å². The van der Waals surface area contributed by atoms with Crippen molar-refractivity contribution >= 4 is 5.95 Å². The van der Waals surface area contributed by atoms with Gasteiger partial charge in [-0.05, 0) is 55.9 Å². The highest BCUT2D eigenvalue weighted by Crippen LogP contribution is 2.40. The maximum atomic E-state index is 15.3. The summed E-state index contributed by atoms with van der Waals surface area (Å²) in [6.45, 7) is 0. The number of benzene rings is 1. The first kappa shape index (κ1) is 22.9. The Morgan fingerprint density at radius 3 is 2.56 bits per heavy atom. The number of rotatable bonds is 7. The Bertz CT molecular complexity index is 1250. The molecular formula is C26H29FN6O3. The molecule has 36 heavy (non-hydrogen) atoms. The van der Waals surface area contributed by atoms with E-state index < -0.39 is 6.17 Å². The van der Waals surface area contributed by atoms with Crippen molar-refractivity contribution in [2.45, 2.75) is 62.4 Å². The second-order valence-corrected chi connectivity index (χ2v) is 9.74. The first-order chi connectivity index (χ1) is 17.6. The molecule has 1 saturated carbocycles. The summed E-state index contributed by atoms with van der Waals surface area (Å²) >= 11 is 0. The van der Waals surface area contributed by atoms with Crippen LogP contribution in [0.5, 0.6) is 17.4 Å². The number of aromatic nitrogens is 4. The SMILES string of the molecule is COc1cc(-c2ccc(-c3cnc(N(C4CC4)[C@H]4C[C@@H]5CC[C@@H](N5)[C@H]4F)nn3)c(O)c2)cnc1OC. The summed E-state index contributed by atoms with van der Waals surface area (Å²) < 4.78 is 25.8. The molecule has 9 nitrogen and oxygen atoms in total. The molecule has 0 unspecified atom stereocenters. The summed E-state index contributed by atoms with van der Waals surface area (Å²) in [4.78, 5) is 10.9. The van der Waals surface area contributed by atoms with Gasteiger partial charge in [-0.3, -0.25) is 0 Å². The molecule has 0 amide bonds. The van der Waals surface area contributed by atoms with Crippen molar-refractivity contribution in [3.05, 3.63) is 36.7 Å². The number of hydrogen-bond donors (Lipinski definition) is 2. The molecule has 2 aliphatic heterocycles. The number of phenols is 1. The van der Waals surface area contributed by atoms with E-state index in [-0.39, 0.29) is 23.9 Å². The van der Waals surface area contributed by atoms with E-state index >= 15 is 4.39 Å². The zero-order valence-corrected chi connectivity index (χ0v) is 20.3. The predicted molar refractivity (Wildman–Crippen MR) is 132 cm³/mol. The number of aromatic hydroxyl groups is 1. The van der Waals surface area contributed by atoms with Crippen molar-refractivity contribution in [3.63, 3.8) is 0 Å². The van der Waals surface area contributed by atoms with Gasteiger partial charge < -0.3 is 24.8 Å². The van der Waals surface area contributed by atoms with E-state index in [1.54, 1.807) is 37.7 Å². The Morgan fingerprint density at radius 1 is 1.00 bits per heavy atom. The number of ether oxygens (including phenoxy) is 2. The molecule has 4 atom stereocenters. The van der Waals surface area contributed by atoms with Crippen LogP contribution in [-0.2, 0) is 0 Å². The lowest BCUT2D eigenvalue weighted by Gasteiger charge is -2.40. The Hall–Kier alpha value is -3.53. The quantitative estimate of drug-likeness (QED) is 0.512. The van der Waals surface area contributed by atoms with Crippen LogP contribution in [0.25, 0.3) is 22.4 Å². The molecule has 2 saturated heterocycles. The number of phenolic OH excluding ortho intramolecular Hbond substituents is 1.